The number of ether oxygens (including phenoxy) is 2. The van der Waals surface area contributed by atoms with E-state index in [0.29, 0.717) is 50.4 Å². The van der Waals surface area contributed by atoms with E-state index >= 15 is 0 Å². The molecule has 1 fully saturated rings. The van der Waals surface area contributed by atoms with Gasteiger partial charge in [-0.25, -0.2) is 0 Å². The molecule has 2 amide bonds. The van der Waals surface area contributed by atoms with Crippen molar-refractivity contribution in [2.24, 2.45) is 5.92 Å². The van der Waals surface area contributed by atoms with E-state index < -0.39 is 0 Å². The Bertz CT molecular complexity index is 1120. The molecule has 0 bridgehead atoms. The lowest BCUT2D eigenvalue weighted by atomic mass is 9.82. The Morgan fingerprint density at radius 3 is 2.39 bits per heavy atom. The number of fused-ring (bicyclic) bond motifs is 1. The highest BCUT2D eigenvalue weighted by Gasteiger charge is 2.30. The van der Waals surface area contributed by atoms with Gasteiger partial charge < -0.3 is 19.3 Å². The van der Waals surface area contributed by atoms with Crippen LogP contribution in [0.1, 0.15) is 68.4 Å². The normalized spacial score (nSPS) is 16.4. The molecule has 192 valence electrons. The fourth-order valence-corrected chi connectivity index (χ4v) is 4.70. The molecule has 2 aliphatic heterocycles. The van der Waals surface area contributed by atoms with Gasteiger partial charge in [0, 0.05) is 18.7 Å². The number of anilines is 1. The van der Waals surface area contributed by atoms with Crippen LogP contribution in [0.5, 0.6) is 5.75 Å². The number of amides is 2. The van der Waals surface area contributed by atoms with Gasteiger partial charge >= 0.3 is 5.97 Å². The first kappa shape index (κ1) is 25.7. The number of benzene rings is 2. The number of carbonyl (C=O) groups is 3. The summed E-state index contributed by atoms with van der Waals surface area (Å²) >= 11 is 0. The van der Waals surface area contributed by atoms with Gasteiger partial charge in [0.25, 0.3) is 11.8 Å². The monoisotopic (exact) mass is 492 g/mol. The first-order chi connectivity index (χ1) is 17.2. The fraction of sp³-hybridized carbons (Fsp3) is 0.483. The van der Waals surface area contributed by atoms with Crippen LogP contribution >= 0.6 is 0 Å². The second-order valence-electron chi connectivity index (χ2n) is 10.2. The number of nitrogens with zero attached hydrogens (tertiary/aromatic N) is 2. The quantitative estimate of drug-likeness (QED) is 0.523. The van der Waals surface area contributed by atoms with Gasteiger partial charge in [0.2, 0.25) is 0 Å². The Balaban J connectivity index is 1.44. The van der Waals surface area contributed by atoms with E-state index in [4.69, 9.17) is 9.47 Å². The lowest BCUT2D eigenvalue weighted by molar-refractivity contribution is -0.149. The summed E-state index contributed by atoms with van der Waals surface area (Å²) in [6, 6.07) is 13.5. The number of piperidine rings is 1. The maximum Gasteiger partial charge on any atom is 0.309 e. The molecule has 0 aliphatic carbocycles. The number of esters is 1. The van der Waals surface area contributed by atoms with Crippen LogP contribution in [0.15, 0.2) is 42.5 Å². The molecule has 2 aromatic carbocycles. The third-order valence-electron chi connectivity index (χ3n) is 7.51. The van der Waals surface area contributed by atoms with Crippen molar-refractivity contribution in [1.29, 1.82) is 0 Å². The van der Waals surface area contributed by atoms with Crippen LogP contribution in [-0.4, -0.2) is 49.0 Å². The molecular formula is C29H36N2O5. The van der Waals surface area contributed by atoms with Crippen molar-refractivity contribution in [3.8, 4) is 5.75 Å². The molecule has 0 radical (unpaired) electrons. The van der Waals surface area contributed by atoms with Gasteiger partial charge in [-0.1, -0.05) is 39.0 Å². The topological polar surface area (TPSA) is 76.2 Å². The summed E-state index contributed by atoms with van der Waals surface area (Å²) in [5.41, 5.74) is 3.49. The summed E-state index contributed by atoms with van der Waals surface area (Å²) in [7, 11) is 0. The molecule has 7 nitrogen and oxygen atoms in total. The Kier molecular flexibility index (Phi) is 7.67. The summed E-state index contributed by atoms with van der Waals surface area (Å²) in [5, 5.41) is 0. The third kappa shape index (κ3) is 5.40. The summed E-state index contributed by atoms with van der Waals surface area (Å²) in [6.45, 7) is 10.2. The van der Waals surface area contributed by atoms with Gasteiger partial charge in [-0.3, -0.25) is 14.4 Å². The van der Waals surface area contributed by atoms with E-state index in [1.165, 1.54) is 5.56 Å². The van der Waals surface area contributed by atoms with Crippen LogP contribution < -0.4 is 9.64 Å². The molecule has 1 saturated heterocycles. The zero-order valence-corrected chi connectivity index (χ0v) is 21.7. The molecule has 0 N–H and O–H groups in total. The zero-order chi connectivity index (χ0) is 25.9. The molecule has 0 spiro atoms. The third-order valence-corrected chi connectivity index (χ3v) is 7.51. The van der Waals surface area contributed by atoms with Crippen molar-refractivity contribution in [3.05, 3.63) is 59.2 Å². The van der Waals surface area contributed by atoms with Crippen molar-refractivity contribution >= 4 is 23.5 Å². The van der Waals surface area contributed by atoms with Gasteiger partial charge in [-0.05, 0) is 67.0 Å². The average Bonchev–Trinajstić information content (AvgIpc) is 2.90. The molecule has 36 heavy (non-hydrogen) atoms. The molecule has 2 aliphatic rings. The standard InChI is InChI=1S/C29H36N2O5/c1-5-29(3,4)23-11-12-25-24(17-23)31(26(32)19-36-25)18-20-7-9-21(10-8-20)27(33)30-15-13-22(14-16-30)28(34)35-6-2/h7-12,17,22H,5-6,13-16,18-19H2,1-4H3. The second-order valence-corrected chi connectivity index (χ2v) is 10.2. The van der Waals surface area contributed by atoms with Crippen molar-refractivity contribution < 1.29 is 23.9 Å². The van der Waals surface area contributed by atoms with Gasteiger partial charge in [0.15, 0.2) is 6.61 Å². The maximum atomic E-state index is 13.0. The fourth-order valence-electron chi connectivity index (χ4n) is 4.70. The smallest absolute Gasteiger partial charge is 0.309 e. The Hall–Kier alpha value is -3.35. The average molecular weight is 493 g/mol. The number of hydrogen-bond donors (Lipinski definition) is 0. The highest BCUT2D eigenvalue weighted by molar-refractivity contribution is 5.98. The van der Waals surface area contributed by atoms with Gasteiger partial charge in [0.05, 0.1) is 24.8 Å². The van der Waals surface area contributed by atoms with Gasteiger partial charge in [-0.2, -0.15) is 0 Å². The molecule has 4 rings (SSSR count). The number of rotatable bonds is 7. The largest absolute Gasteiger partial charge is 0.482 e. The SMILES string of the molecule is CCOC(=O)C1CCN(C(=O)c2ccc(CN3C(=O)COc4ccc(C(C)(C)CC)cc43)cc2)CC1. The van der Waals surface area contributed by atoms with Crippen LogP contribution in [0.2, 0.25) is 0 Å². The van der Waals surface area contributed by atoms with Gasteiger partial charge in [0.1, 0.15) is 5.75 Å². The van der Waals surface area contributed by atoms with Crippen molar-refractivity contribution in [2.75, 3.05) is 31.2 Å². The maximum absolute atomic E-state index is 13.0. The summed E-state index contributed by atoms with van der Waals surface area (Å²) < 4.78 is 10.8. The van der Waals surface area contributed by atoms with E-state index in [0.717, 1.165) is 17.7 Å². The van der Waals surface area contributed by atoms with E-state index in [9.17, 15) is 14.4 Å². The van der Waals surface area contributed by atoms with Crippen LogP contribution in [0.3, 0.4) is 0 Å². The Morgan fingerprint density at radius 2 is 1.75 bits per heavy atom. The number of hydrogen-bond acceptors (Lipinski definition) is 5. The minimum Gasteiger partial charge on any atom is -0.482 e. The highest BCUT2D eigenvalue weighted by atomic mass is 16.5. The summed E-state index contributed by atoms with van der Waals surface area (Å²) in [6.07, 6.45) is 2.23. The molecular weight excluding hydrogens is 456 g/mol. The number of likely N-dealkylation sites (tertiary alicyclic amines) is 1. The van der Waals surface area contributed by atoms with E-state index in [1.807, 2.05) is 30.3 Å². The van der Waals surface area contributed by atoms with Crippen molar-refractivity contribution in [1.82, 2.24) is 4.90 Å². The van der Waals surface area contributed by atoms with Crippen molar-refractivity contribution in [2.45, 2.75) is 58.9 Å². The molecule has 7 heteroatoms. The van der Waals surface area contributed by atoms with Gasteiger partial charge in [-0.15, -0.1) is 0 Å². The van der Waals surface area contributed by atoms with Crippen molar-refractivity contribution in [3.63, 3.8) is 0 Å². The zero-order valence-electron chi connectivity index (χ0n) is 21.7. The van der Waals surface area contributed by atoms with Crippen LogP contribution in [0, 0.1) is 5.92 Å². The molecule has 0 atom stereocenters. The molecule has 2 heterocycles. The Morgan fingerprint density at radius 1 is 1.06 bits per heavy atom. The minimum absolute atomic E-state index is 0.00596. The lowest BCUT2D eigenvalue weighted by Gasteiger charge is -2.32. The van der Waals surface area contributed by atoms with Crippen LogP contribution in [0.25, 0.3) is 0 Å². The first-order valence-electron chi connectivity index (χ1n) is 12.9. The van der Waals surface area contributed by atoms with Crippen LogP contribution in [0.4, 0.5) is 5.69 Å². The summed E-state index contributed by atoms with van der Waals surface area (Å²) in [4.78, 5) is 41.3. The summed E-state index contributed by atoms with van der Waals surface area (Å²) in [5.74, 6) is 0.289. The Labute approximate surface area is 213 Å². The first-order valence-corrected chi connectivity index (χ1v) is 12.9. The van der Waals surface area contributed by atoms with E-state index in [2.05, 4.69) is 32.9 Å². The van der Waals surface area contributed by atoms with E-state index in [1.54, 1.807) is 16.7 Å². The molecule has 0 aromatic heterocycles. The second kappa shape index (κ2) is 10.7. The van der Waals surface area contributed by atoms with E-state index in [-0.39, 0.29) is 35.7 Å². The van der Waals surface area contributed by atoms with Crippen LogP contribution in [-0.2, 0) is 26.3 Å². The highest BCUT2D eigenvalue weighted by Crippen LogP contribution is 2.38. The molecule has 2 aromatic rings. The minimum atomic E-state index is -0.168. The lowest BCUT2D eigenvalue weighted by Crippen LogP contribution is -2.40. The predicted octanol–water partition coefficient (Wildman–Crippen LogP) is 4.72. The number of carbonyl (C=O) groups excluding carboxylic acids is 3. The molecule has 0 unspecified atom stereocenters. The predicted molar refractivity (Wildman–Crippen MR) is 138 cm³/mol. The molecule has 0 saturated carbocycles.